The largest absolute Gasteiger partial charge is 0.454 e. The fraction of sp³-hybridized carbons (Fsp3) is 0.0625. The van der Waals surface area contributed by atoms with E-state index >= 15 is 0 Å². The van der Waals surface area contributed by atoms with E-state index in [4.69, 9.17) is 16.3 Å². The van der Waals surface area contributed by atoms with Crippen molar-refractivity contribution in [1.82, 2.24) is 9.97 Å². The van der Waals surface area contributed by atoms with Crippen LogP contribution in [0.25, 0.3) is 10.9 Å². The first-order valence-electron chi connectivity index (χ1n) is 6.54. The number of nitrogens with zero attached hydrogens (tertiary/aromatic N) is 1. The van der Waals surface area contributed by atoms with E-state index in [1.165, 1.54) is 0 Å². The van der Waals surface area contributed by atoms with Crippen molar-refractivity contribution in [3.63, 3.8) is 0 Å². The lowest BCUT2D eigenvalue weighted by atomic mass is 10.2. The van der Waals surface area contributed by atoms with Crippen molar-refractivity contribution < 1.29 is 9.53 Å². The number of hydrogen-bond acceptors (Lipinski definition) is 4. The summed E-state index contributed by atoms with van der Waals surface area (Å²) < 4.78 is 5.14. The Hall–Kier alpha value is -2.66. The highest BCUT2D eigenvalue weighted by Crippen LogP contribution is 2.11. The van der Waals surface area contributed by atoms with Crippen LogP contribution in [0.2, 0.25) is 5.02 Å². The van der Waals surface area contributed by atoms with Crippen LogP contribution in [0, 0.1) is 0 Å². The third-order valence-corrected chi connectivity index (χ3v) is 3.33. The van der Waals surface area contributed by atoms with Crippen molar-refractivity contribution >= 4 is 28.5 Å². The average Bonchev–Trinajstić information content (AvgIpc) is 2.53. The first-order valence-corrected chi connectivity index (χ1v) is 6.92. The van der Waals surface area contributed by atoms with Gasteiger partial charge >= 0.3 is 5.97 Å². The maximum Gasteiger partial charge on any atom is 0.338 e. The van der Waals surface area contributed by atoms with E-state index in [0.717, 1.165) is 0 Å². The topological polar surface area (TPSA) is 72.0 Å². The average molecular weight is 315 g/mol. The molecule has 0 amide bonds. The van der Waals surface area contributed by atoms with Crippen molar-refractivity contribution in [2.24, 2.45) is 0 Å². The molecule has 0 aliphatic rings. The molecule has 110 valence electrons. The summed E-state index contributed by atoms with van der Waals surface area (Å²) in [6, 6.07) is 13.3. The van der Waals surface area contributed by atoms with Gasteiger partial charge in [0.2, 0.25) is 0 Å². The summed E-state index contributed by atoms with van der Waals surface area (Å²) >= 11 is 5.76. The van der Waals surface area contributed by atoms with Crippen LogP contribution < -0.4 is 5.56 Å². The van der Waals surface area contributed by atoms with Crippen LogP contribution in [0.5, 0.6) is 0 Å². The number of carbonyl (C=O) groups is 1. The summed E-state index contributed by atoms with van der Waals surface area (Å²) in [5, 5.41) is 1.03. The van der Waals surface area contributed by atoms with Crippen LogP contribution in [0.3, 0.4) is 0 Å². The zero-order valence-corrected chi connectivity index (χ0v) is 12.1. The van der Waals surface area contributed by atoms with Crippen LogP contribution in [0.15, 0.2) is 53.3 Å². The monoisotopic (exact) mass is 314 g/mol. The van der Waals surface area contributed by atoms with Gasteiger partial charge in [0.1, 0.15) is 12.4 Å². The Labute approximate surface area is 130 Å². The number of esters is 1. The van der Waals surface area contributed by atoms with Gasteiger partial charge in [0.15, 0.2) is 0 Å². The number of rotatable bonds is 3. The van der Waals surface area contributed by atoms with Gasteiger partial charge in [0.25, 0.3) is 5.56 Å². The number of H-pyrrole nitrogens is 1. The molecule has 2 aromatic carbocycles. The van der Waals surface area contributed by atoms with Crippen LogP contribution in [0.4, 0.5) is 0 Å². The summed E-state index contributed by atoms with van der Waals surface area (Å²) in [5.41, 5.74) is 0.680. The quantitative estimate of drug-likeness (QED) is 0.754. The van der Waals surface area contributed by atoms with Crippen LogP contribution in [0.1, 0.15) is 16.2 Å². The molecule has 0 radical (unpaired) electrons. The molecule has 0 bridgehead atoms. The van der Waals surface area contributed by atoms with Crippen molar-refractivity contribution in [3.05, 3.63) is 75.3 Å². The number of para-hydroxylation sites is 1. The Bertz CT molecular complexity index is 888. The minimum atomic E-state index is -0.507. The Balaban J connectivity index is 1.77. The highest BCUT2D eigenvalue weighted by molar-refractivity contribution is 6.30. The second kappa shape index (κ2) is 5.99. The summed E-state index contributed by atoms with van der Waals surface area (Å²) in [6.07, 6.45) is 0. The number of halogens is 1. The molecule has 6 heteroatoms. The molecule has 0 unspecified atom stereocenters. The van der Waals surface area contributed by atoms with E-state index in [1.807, 2.05) is 0 Å². The molecule has 0 saturated heterocycles. The molecule has 1 N–H and O–H groups in total. The molecule has 22 heavy (non-hydrogen) atoms. The Morgan fingerprint density at radius 1 is 1.14 bits per heavy atom. The third kappa shape index (κ3) is 2.99. The zero-order valence-electron chi connectivity index (χ0n) is 11.4. The predicted octanol–water partition coefficient (Wildman–Crippen LogP) is 2.93. The molecule has 3 aromatic rings. The Morgan fingerprint density at radius 2 is 1.86 bits per heavy atom. The number of hydrogen-bond donors (Lipinski definition) is 1. The maximum atomic E-state index is 11.9. The minimum Gasteiger partial charge on any atom is -0.454 e. The smallest absolute Gasteiger partial charge is 0.338 e. The van der Waals surface area contributed by atoms with Crippen molar-refractivity contribution in [3.8, 4) is 0 Å². The molecular formula is C16H11ClN2O3. The summed E-state index contributed by atoms with van der Waals surface area (Å²) in [4.78, 5) is 30.7. The molecule has 0 fully saturated rings. The van der Waals surface area contributed by atoms with Gasteiger partial charge in [0.05, 0.1) is 16.5 Å². The fourth-order valence-corrected chi connectivity index (χ4v) is 2.13. The van der Waals surface area contributed by atoms with Crippen molar-refractivity contribution in [2.45, 2.75) is 6.61 Å². The summed E-state index contributed by atoms with van der Waals surface area (Å²) in [6.45, 7) is -0.110. The van der Waals surface area contributed by atoms with Gasteiger partial charge in [-0.05, 0) is 36.4 Å². The van der Waals surface area contributed by atoms with E-state index in [-0.39, 0.29) is 12.2 Å². The van der Waals surface area contributed by atoms with Crippen molar-refractivity contribution in [1.29, 1.82) is 0 Å². The highest BCUT2D eigenvalue weighted by Gasteiger charge is 2.09. The SMILES string of the molecule is O=C(OCc1nc2ccccc2c(=O)[nH]1)c1ccc(Cl)cc1. The molecule has 0 aliphatic carbocycles. The number of nitrogens with one attached hydrogen (secondary N) is 1. The van der Waals surface area contributed by atoms with Gasteiger partial charge in [-0.3, -0.25) is 4.79 Å². The Kier molecular flexibility index (Phi) is 3.89. The lowest BCUT2D eigenvalue weighted by Gasteiger charge is -2.05. The molecule has 1 heterocycles. The number of carbonyl (C=O) groups excluding carboxylic acids is 1. The second-order valence-electron chi connectivity index (χ2n) is 4.61. The summed E-state index contributed by atoms with van der Waals surface area (Å²) in [5.74, 6) is -0.210. The first kappa shape index (κ1) is 14.3. The lowest BCUT2D eigenvalue weighted by Crippen LogP contribution is -2.14. The van der Waals surface area contributed by atoms with E-state index < -0.39 is 5.97 Å². The van der Waals surface area contributed by atoms with Crippen LogP contribution in [-0.4, -0.2) is 15.9 Å². The summed E-state index contributed by atoms with van der Waals surface area (Å²) in [7, 11) is 0. The lowest BCUT2D eigenvalue weighted by molar-refractivity contribution is 0.0462. The van der Waals surface area contributed by atoms with E-state index in [9.17, 15) is 9.59 Å². The standard InChI is InChI=1S/C16H11ClN2O3/c17-11-7-5-10(6-8-11)16(21)22-9-14-18-13-4-2-1-3-12(13)15(20)19-14/h1-8H,9H2,(H,18,19,20). The molecular weight excluding hydrogens is 304 g/mol. The number of benzene rings is 2. The van der Waals surface area contributed by atoms with Crippen molar-refractivity contribution in [2.75, 3.05) is 0 Å². The van der Waals surface area contributed by atoms with Gasteiger partial charge < -0.3 is 9.72 Å². The predicted molar refractivity (Wildman–Crippen MR) is 82.9 cm³/mol. The molecule has 0 atom stereocenters. The van der Waals surface area contributed by atoms with Gasteiger partial charge in [-0.2, -0.15) is 0 Å². The molecule has 5 nitrogen and oxygen atoms in total. The van der Waals surface area contributed by atoms with E-state index in [1.54, 1.807) is 48.5 Å². The normalized spacial score (nSPS) is 10.6. The van der Waals surface area contributed by atoms with Gasteiger partial charge in [-0.1, -0.05) is 23.7 Å². The second-order valence-corrected chi connectivity index (χ2v) is 5.05. The molecule has 0 aliphatic heterocycles. The molecule has 1 aromatic heterocycles. The maximum absolute atomic E-state index is 11.9. The number of ether oxygens (including phenoxy) is 1. The third-order valence-electron chi connectivity index (χ3n) is 3.08. The van der Waals surface area contributed by atoms with E-state index in [0.29, 0.717) is 27.3 Å². The Morgan fingerprint density at radius 3 is 2.64 bits per heavy atom. The molecule has 0 spiro atoms. The van der Waals surface area contributed by atoms with Gasteiger partial charge in [-0.15, -0.1) is 0 Å². The highest BCUT2D eigenvalue weighted by atomic mass is 35.5. The number of aromatic amines is 1. The first-order chi connectivity index (χ1) is 10.6. The minimum absolute atomic E-state index is 0.110. The fourth-order valence-electron chi connectivity index (χ4n) is 2.01. The molecule has 3 rings (SSSR count). The number of fused-ring (bicyclic) bond motifs is 1. The number of aromatic nitrogens is 2. The van der Waals surface area contributed by atoms with Crippen LogP contribution in [-0.2, 0) is 11.3 Å². The van der Waals surface area contributed by atoms with Crippen LogP contribution >= 0.6 is 11.6 Å². The molecule has 0 saturated carbocycles. The van der Waals surface area contributed by atoms with Gasteiger partial charge in [0, 0.05) is 5.02 Å². The zero-order chi connectivity index (χ0) is 15.5. The van der Waals surface area contributed by atoms with Gasteiger partial charge in [-0.25, -0.2) is 9.78 Å². The van der Waals surface area contributed by atoms with E-state index in [2.05, 4.69) is 9.97 Å².